The van der Waals surface area contributed by atoms with Crippen molar-refractivity contribution in [2.45, 2.75) is 44.8 Å². The monoisotopic (exact) mass is 346 g/mol. The Morgan fingerprint density at radius 3 is 2.46 bits per heavy atom. The molecule has 0 saturated heterocycles. The van der Waals surface area contributed by atoms with Crippen LogP contribution in [0, 0.1) is 23.2 Å². The summed E-state index contributed by atoms with van der Waals surface area (Å²) in [6.07, 6.45) is 2.18. The number of carbonyl (C=O) groups is 3. The van der Waals surface area contributed by atoms with Gasteiger partial charge in [0.15, 0.2) is 6.10 Å². The van der Waals surface area contributed by atoms with Gasteiger partial charge in [0.05, 0.1) is 12.0 Å². The molecular formula is C16H20F2O6. The van der Waals surface area contributed by atoms with E-state index >= 15 is 0 Å². The summed E-state index contributed by atoms with van der Waals surface area (Å²) in [6.45, 7) is -3.73. The maximum atomic E-state index is 12.7. The van der Waals surface area contributed by atoms with Crippen molar-refractivity contribution in [2.75, 3.05) is 13.2 Å². The van der Waals surface area contributed by atoms with Crippen molar-refractivity contribution in [1.29, 1.82) is 0 Å². The normalized spacial score (nSPS) is 35.1. The largest absolute Gasteiger partial charge is 0.464 e. The van der Waals surface area contributed by atoms with E-state index in [4.69, 9.17) is 4.74 Å². The molecule has 4 rings (SSSR count). The van der Waals surface area contributed by atoms with Crippen LogP contribution in [-0.4, -0.2) is 44.2 Å². The molecule has 0 aromatic carbocycles. The first-order valence-corrected chi connectivity index (χ1v) is 8.13. The zero-order chi connectivity index (χ0) is 17.3. The standard InChI is InChI=1S/C16H20F2O6/c17-15(18)23-7-12(6-22-8-19)24-14(21)16-3-9-1-10(4-16)13(20)11(2-9)5-16/h8-12,15H,1-7H2. The highest BCUT2D eigenvalue weighted by Gasteiger charge is 2.59. The second-order valence-corrected chi connectivity index (χ2v) is 7.08. The Bertz CT molecular complexity index is 505. The minimum Gasteiger partial charge on any atom is -0.464 e. The topological polar surface area (TPSA) is 78.9 Å². The molecule has 0 spiro atoms. The van der Waals surface area contributed by atoms with Crippen molar-refractivity contribution < 1.29 is 37.4 Å². The van der Waals surface area contributed by atoms with Crippen molar-refractivity contribution in [1.82, 2.24) is 0 Å². The number of ether oxygens (including phenoxy) is 3. The molecule has 0 radical (unpaired) electrons. The van der Waals surface area contributed by atoms with E-state index in [2.05, 4.69) is 9.47 Å². The number of carbonyl (C=O) groups excluding carboxylic acids is 3. The summed E-state index contributed by atoms with van der Waals surface area (Å²) in [4.78, 5) is 35.2. The van der Waals surface area contributed by atoms with Crippen LogP contribution in [0.5, 0.6) is 0 Å². The Morgan fingerprint density at radius 2 is 1.88 bits per heavy atom. The van der Waals surface area contributed by atoms with Crippen molar-refractivity contribution in [3.63, 3.8) is 0 Å². The fourth-order valence-corrected chi connectivity index (χ4v) is 4.72. The van der Waals surface area contributed by atoms with E-state index in [1.807, 2.05) is 0 Å². The van der Waals surface area contributed by atoms with Crippen LogP contribution >= 0.6 is 0 Å². The minimum atomic E-state index is -3.00. The molecule has 4 saturated carbocycles. The van der Waals surface area contributed by atoms with Gasteiger partial charge in [-0.1, -0.05) is 0 Å². The molecule has 6 nitrogen and oxygen atoms in total. The lowest BCUT2D eigenvalue weighted by molar-refractivity contribution is -0.194. The van der Waals surface area contributed by atoms with E-state index in [9.17, 15) is 23.2 Å². The quantitative estimate of drug-likeness (QED) is 0.492. The third-order valence-electron chi connectivity index (χ3n) is 5.46. The average molecular weight is 346 g/mol. The summed E-state index contributed by atoms with van der Waals surface area (Å²) in [6, 6.07) is 0. The van der Waals surface area contributed by atoms with E-state index in [1.54, 1.807) is 0 Å². The van der Waals surface area contributed by atoms with Crippen LogP contribution < -0.4 is 0 Å². The fraction of sp³-hybridized carbons (Fsp3) is 0.812. The van der Waals surface area contributed by atoms with Crippen LogP contribution in [-0.2, 0) is 28.6 Å². The van der Waals surface area contributed by atoms with Crippen LogP contribution in [0.2, 0.25) is 0 Å². The van der Waals surface area contributed by atoms with Crippen LogP contribution in [0.4, 0.5) is 8.78 Å². The molecule has 8 heteroatoms. The Labute approximate surface area is 137 Å². The molecule has 0 N–H and O–H groups in total. The van der Waals surface area contributed by atoms with E-state index in [0.29, 0.717) is 25.2 Å². The van der Waals surface area contributed by atoms with E-state index in [1.165, 1.54) is 0 Å². The SMILES string of the molecule is O=COCC(COC(F)F)OC(=O)C12CC3CC(C1)C(=O)C(C3)C2. The molecule has 4 aliphatic rings. The van der Waals surface area contributed by atoms with Crippen LogP contribution in [0.3, 0.4) is 0 Å². The number of ketones is 1. The Kier molecular flexibility index (Phi) is 4.85. The maximum Gasteiger partial charge on any atom is 0.345 e. The van der Waals surface area contributed by atoms with Gasteiger partial charge in [0.1, 0.15) is 12.4 Å². The number of esters is 1. The zero-order valence-electron chi connectivity index (χ0n) is 13.1. The van der Waals surface area contributed by atoms with Gasteiger partial charge in [0.2, 0.25) is 0 Å². The third-order valence-corrected chi connectivity index (χ3v) is 5.46. The van der Waals surface area contributed by atoms with E-state index in [-0.39, 0.29) is 30.7 Å². The highest BCUT2D eigenvalue weighted by Crippen LogP contribution is 2.59. The molecule has 3 unspecified atom stereocenters. The number of hydrogen-bond donors (Lipinski definition) is 0. The van der Waals surface area contributed by atoms with Gasteiger partial charge in [-0.2, -0.15) is 8.78 Å². The lowest BCUT2D eigenvalue weighted by Gasteiger charge is -2.54. The summed E-state index contributed by atoms with van der Waals surface area (Å²) in [5.41, 5.74) is -0.714. The van der Waals surface area contributed by atoms with Crippen molar-refractivity contribution >= 4 is 18.2 Å². The van der Waals surface area contributed by atoms with Gasteiger partial charge < -0.3 is 14.2 Å². The molecule has 4 bridgehead atoms. The molecule has 4 fully saturated rings. The molecule has 0 heterocycles. The number of alkyl halides is 2. The molecule has 0 amide bonds. The predicted molar refractivity (Wildman–Crippen MR) is 74.8 cm³/mol. The molecule has 134 valence electrons. The highest BCUT2D eigenvalue weighted by molar-refractivity contribution is 5.89. The fourth-order valence-electron chi connectivity index (χ4n) is 4.72. The lowest BCUT2D eigenvalue weighted by Crippen LogP contribution is -2.55. The summed E-state index contributed by atoms with van der Waals surface area (Å²) in [5, 5.41) is 0. The van der Waals surface area contributed by atoms with Gasteiger partial charge >= 0.3 is 12.6 Å². The summed E-state index contributed by atoms with van der Waals surface area (Å²) >= 11 is 0. The van der Waals surface area contributed by atoms with Gasteiger partial charge in [-0.25, -0.2) is 0 Å². The first kappa shape index (κ1) is 17.3. The summed E-state index contributed by atoms with van der Waals surface area (Å²) in [5.74, 6) is -0.0886. The molecule has 0 aromatic heterocycles. The molecule has 24 heavy (non-hydrogen) atoms. The van der Waals surface area contributed by atoms with Crippen molar-refractivity contribution in [2.24, 2.45) is 23.2 Å². The van der Waals surface area contributed by atoms with Gasteiger partial charge in [-0.3, -0.25) is 14.4 Å². The van der Waals surface area contributed by atoms with Gasteiger partial charge in [-0.15, -0.1) is 0 Å². The van der Waals surface area contributed by atoms with Gasteiger partial charge in [0, 0.05) is 11.8 Å². The van der Waals surface area contributed by atoms with E-state index in [0.717, 1.165) is 12.8 Å². The second kappa shape index (κ2) is 6.74. The number of hydrogen-bond acceptors (Lipinski definition) is 6. The number of Topliss-reactive ketones (excluding diaryl/α,β-unsaturated/α-hetero) is 1. The Hall–Kier alpha value is -1.57. The highest BCUT2D eigenvalue weighted by atomic mass is 19.3. The summed E-state index contributed by atoms with van der Waals surface area (Å²) in [7, 11) is 0. The minimum absolute atomic E-state index is 0.0919. The first-order chi connectivity index (χ1) is 11.4. The van der Waals surface area contributed by atoms with Crippen LogP contribution in [0.25, 0.3) is 0 Å². The zero-order valence-corrected chi connectivity index (χ0v) is 13.1. The van der Waals surface area contributed by atoms with Crippen LogP contribution in [0.1, 0.15) is 32.1 Å². The molecule has 0 aromatic rings. The maximum absolute atomic E-state index is 12.7. The van der Waals surface area contributed by atoms with Gasteiger partial charge in [-0.05, 0) is 38.0 Å². The van der Waals surface area contributed by atoms with Crippen molar-refractivity contribution in [3.8, 4) is 0 Å². The molecule has 0 aliphatic heterocycles. The molecular weight excluding hydrogens is 326 g/mol. The molecule has 3 atom stereocenters. The second-order valence-electron chi connectivity index (χ2n) is 7.08. The predicted octanol–water partition coefficient (Wildman–Crippen LogP) is 1.71. The third kappa shape index (κ3) is 3.29. The smallest absolute Gasteiger partial charge is 0.345 e. The lowest BCUT2D eigenvalue weighted by atomic mass is 9.49. The number of halogens is 2. The average Bonchev–Trinajstić information content (AvgIpc) is 2.53. The first-order valence-electron chi connectivity index (χ1n) is 8.13. The Balaban J connectivity index is 1.66. The van der Waals surface area contributed by atoms with Crippen LogP contribution in [0.15, 0.2) is 0 Å². The number of rotatable bonds is 8. The van der Waals surface area contributed by atoms with Crippen molar-refractivity contribution in [3.05, 3.63) is 0 Å². The van der Waals surface area contributed by atoms with Gasteiger partial charge in [0.25, 0.3) is 6.47 Å². The summed E-state index contributed by atoms with van der Waals surface area (Å²) < 4.78 is 38.4. The Morgan fingerprint density at radius 1 is 1.21 bits per heavy atom. The van der Waals surface area contributed by atoms with E-state index < -0.39 is 30.7 Å². The molecule has 4 aliphatic carbocycles.